The third-order valence-electron chi connectivity index (χ3n) is 4.22. The Bertz CT molecular complexity index is 727. The second-order valence-electron chi connectivity index (χ2n) is 6.02. The Morgan fingerprint density at radius 3 is 2.71 bits per heavy atom. The summed E-state index contributed by atoms with van der Waals surface area (Å²) >= 11 is 3.37. The van der Waals surface area contributed by atoms with E-state index in [1.54, 1.807) is 6.07 Å². The average Bonchev–Trinajstić information content (AvgIpc) is 3.06. The quantitative estimate of drug-likeness (QED) is 0.605. The van der Waals surface area contributed by atoms with Crippen LogP contribution in [0.2, 0.25) is 0 Å². The molecule has 0 radical (unpaired) electrons. The molecular weight excluding hydrogens is 398 g/mol. The van der Waals surface area contributed by atoms with Crippen molar-refractivity contribution in [2.45, 2.75) is 19.5 Å². The number of likely N-dealkylation sites (tertiary alicyclic amines) is 1. The number of non-ortho nitro benzene ring substituents is 1. The van der Waals surface area contributed by atoms with Crippen molar-refractivity contribution < 1.29 is 9.34 Å². The number of furan rings is 1. The molecule has 130 valence electrons. The molecule has 2 unspecified atom stereocenters. The van der Waals surface area contributed by atoms with E-state index in [2.05, 4.69) is 27.8 Å². The number of halogens is 2. The zero-order chi connectivity index (χ0) is 16.6. The van der Waals surface area contributed by atoms with Crippen LogP contribution in [0, 0.1) is 16.0 Å². The number of hydrogen-bond acceptors (Lipinski definition) is 5. The Hall–Kier alpha value is -1.41. The summed E-state index contributed by atoms with van der Waals surface area (Å²) in [6, 6.07) is 8.70. The largest absolute Gasteiger partial charge is 0.460 e. The third kappa shape index (κ3) is 3.97. The molecule has 1 saturated heterocycles. The smallest absolute Gasteiger partial charge is 0.270 e. The maximum atomic E-state index is 10.8. The number of hydrogen-bond donors (Lipinski definition) is 1. The molecule has 24 heavy (non-hydrogen) atoms. The van der Waals surface area contributed by atoms with Gasteiger partial charge >= 0.3 is 0 Å². The van der Waals surface area contributed by atoms with Crippen LogP contribution >= 0.6 is 28.3 Å². The first-order valence-corrected chi connectivity index (χ1v) is 8.24. The van der Waals surface area contributed by atoms with Crippen LogP contribution in [0.1, 0.15) is 12.7 Å². The second kappa shape index (κ2) is 7.65. The number of benzene rings is 1. The summed E-state index contributed by atoms with van der Waals surface area (Å²) in [4.78, 5) is 12.7. The molecule has 1 fully saturated rings. The SMILES string of the molecule is CC1CN(Cc2ccc(-c3ccc([N+](=O)[O-])cc3Br)o2)CC1N.Cl. The van der Waals surface area contributed by atoms with Gasteiger partial charge in [0, 0.05) is 41.3 Å². The summed E-state index contributed by atoms with van der Waals surface area (Å²) in [5, 5.41) is 10.8. The van der Waals surface area contributed by atoms with E-state index in [-0.39, 0.29) is 24.1 Å². The Kier molecular flexibility index (Phi) is 6.03. The van der Waals surface area contributed by atoms with Crippen molar-refractivity contribution in [2.75, 3.05) is 13.1 Å². The van der Waals surface area contributed by atoms with E-state index < -0.39 is 4.92 Å². The zero-order valence-electron chi connectivity index (χ0n) is 13.1. The van der Waals surface area contributed by atoms with Gasteiger partial charge in [0.2, 0.25) is 0 Å². The van der Waals surface area contributed by atoms with Crippen molar-refractivity contribution in [3.05, 3.63) is 50.7 Å². The summed E-state index contributed by atoms with van der Waals surface area (Å²) in [5.74, 6) is 2.05. The summed E-state index contributed by atoms with van der Waals surface area (Å²) in [6.07, 6.45) is 0. The van der Waals surface area contributed by atoms with Gasteiger partial charge in [0.05, 0.1) is 11.5 Å². The monoisotopic (exact) mass is 415 g/mol. The van der Waals surface area contributed by atoms with Gasteiger partial charge in [0.15, 0.2) is 0 Å². The van der Waals surface area contributed by atoms with Gasteiger partial charge in [-0.2, -0.15) is 0 Å². The molecule has 0 spiro atoms. The van der Waals surface area contributed by atoms with Gasteiger partial charge in [-0.3, -0.25) is 15.0 Å². The Labute approximate surface area is 154 Å². The molecular formula is C16H19BrClN3O3. The highest BCUT2D eigenvalue weighted by Gasteiger charge is 2.27. The van der Waals surface area contributed by atoms with Gasteiger partial charge in [0.1, 0.15) is 11.5 Å². The maximum absolute atomic E-state index is 10.8. The van der Waals surface area contributed by atoms with Crippen molar-refractivity contribution in [3.63, 3.8) is 0 Å². The van der Waals surface area contributed by atoms with Gasteiger partial charge < -0.3 is 10.2 Å². The van der Waals surface area contributed by atoms with Crippen LogP contribution in [0.5, 0.6) is 0 Å². The molecule has 1 aromatic carbocycles. The van der Waals surface area contributed by atoms with E-state index in [1.165, 1.54) is 12.1 Å². The Morgan fingerprint density at radius 2 is 2.12 bits per heavy atom. The number of nitrogens with zero attached hydrogens (tertiary/aromatic N) is 2. The highest BCUT2D eigenvalue weighted by molar-refractivity contribution is 9.10. The lowest BCUT2D eigenvalue weighted by Gasteiger charge is -2.12. The molecule has 2 atom stereocenters. The molecule has 2 heterocycles. The van der Waals surface area contributed by atoms with Gasteiger partial charge in [0.25, 0.3) is 5.69 Å². The fraction of sp³-hybridized carbons (Fsp3) is 0.375. The third-order valence-corrected chi connectivity index (χ3v) is 4.87. The fourth-order valence-corrected chi connectivity index (χ4v) is 3.43. The van der Waals surface area contributed by atoms with Gasteiger partial charge in [-0.25, -0.2) is 0 Å². The van der Waals surface area contributed by atoms with Crippen LogP contribution in [-0.4, -0.2) is 29.0 Å². The highest BCUT2D eigenvalue weighted by atomic mass is 79.9. The lowest BCUT2D eigenvalue weighted by molar-refractivity contribution is -0.384. The molecule has 1 aliphatic rings. The first-order valence-electron chi connectivity index (χ1n) is 7.45. The van der Waals surface area contributed by atoms with E-state index >= 15 is 0 Å². The molecule has 1 aliphatic heterocycles. The Morgan fingerprint density at radius 1 is 1.38 bits per heavy atom. The van der Waals surface area contributed by atoms with Gasteiger partial charge in [-0.1, -0.05) is 6.92 Å². The molecule has 3 rings (SSSR count). The Balaban J connectivity index is 0.00000208. The lowest BCUT2D eigenvalue weighted by atomic mass is 10.1. The zero-order valence-corrected chi connectivity index (χ0v) is 15.5. The fourth-order valence-electron chi connectivity index (χ4n) is 2.87. The topological polar surface area (TPSA) is 85.5 Å². The van der Waals surface area contributed by atoms with Crippen molar-refractivity contribution in [1.29, 1.82) is 0 Å². The molecule has 2 aromatic rings. The second-order valence-corrected chi connectivity index (χ2v) is 6.88. The van der Waals surface area contributed by atoms with Gasteiger partial charge in [-0.15, -0.1) is 12.4 Å². The van der Waals surface area contributed by atoms with Crippen LogP contribution in [0.15, 0.2) is 39.2 Å². The summed E-state index contributed by atoms with van der Waals surface area (Å²) in [6.45, 7) is 4.73. The van der Waals surface area contributed by atoms with Crippen molar-refractivity contribution in [1.82, 2.24) is 4.90 Å². The van der Waals surface area contributed by atoms with Crippen LogP contribution in [0.3, 0.4) is 0 Å². The van der Waals surface area contributed by atoms with E-state index in [9.17, 15) is 10.1 Å². The minimum absolute atomic E-state index is 0. The van der Waals surface area contributed by atoms with E-state index in [1.807, 2.05) is 12.1 Å². The molecule has 0 saturated carbocycles. The maximum Gasteiger partial charge on any atom is 0.270 e. The summed E-state index contributed by atoms with van der Waals surface area (Å²) in [5.41, 5.74) is 6.89. The molecule has 0 bridgehead atoms. The highest BCUT2D eigenvalue weighted by Crippen LogP contribution is 2.33. The number of nitro groups is 1. The van der Waals surface area contributed by atoms with E-state index in [0.29, 0.717) is 16.2 Å². The van der Waals surface area contributed by atoms with Crippen LogP contribution in [0.25, 0.3) is 11.3 Å². The predicted molar refractivity (Wildman–Crippen MR) is 98.2 cm³/mol. The minimum atomic E-state index is -0.417. The molecule has 0 amide bonds. The molecule has 8 heteroatoms. The molecule has 0 aliphatic carbocycles. The van der Waals surface area contributed by atoms with Crippen molar-refractivity contribution in [3.8, 4) is 11.3 Å². The molecule has 1 aromatic heterocycles. The standard InChI is InChI=1S/C16H18BrN3O3.ClH/c1-10-7-19(9-15(10)18)8-12-3-5-16(23-12)13-4-2-11(20(21)22)6-14(13)17;/h2-6,10,15H,7-9,18H2,1H3;1H. The molecule has 2 N–H and O–H groups in total. The molecule has 6 nitrogen and oxygen atoms in total. The lowest BCUT2D eigenvalue weighted by Crippen LogP contribution is -2.28. The van der Waals surface area contributed by atoms with E-state index in [0.717, 1.165) is 31.0 Å². The van der Waals surface area contributed by atoms with Crippen molar-refractivity contribution in [2.24, 2.45) is 11.7 Å². The number of nitro benzene ring substituents is 1. The summed E-state index contributed by atoms with van der Waals surface area (Å²) < 4.78 is 6.54. The van der Waals surface area contributed by atoms with Crippen LogP contribution in [-0.2, 0) is 6.54 Å². The first kappa shape index (κ1) is 18.9. The normalized spacial score (nSPS) is 20.8. The minimum Gasteiger partial charge on any atom is -0.460 e. The number of nitrogens with two attached hydrogens (primary N) is 1. The van der Waals surface area contributed by atoms with Gasteiger partial charge in [-0.05, 0) is 40.0 Å². The number of rotatable bonds is 4. The predicted octanol–water partition coefficient (Wildman–Crippen LogP) is 3.82. The van der Waals surface area contributed by atoms with E-state index in [4.69, 9.17) is 10.2 Å². The van der Waals surface area contributed by atoms with Crippen LogP contribution < -0.4 is 5.73 Å². The first-order chi connectivity index (χ1) is 10.9. The van der Waals surface area contributed by atoms with Crippen molar-refractivity contribution >= 4 is 34.0 Å². The summed E-state index contributed by atoms with van der Waals surface area (Å²) in [7, 11) is 0. The average molecular weight is 417 g/mol. The van der Waals surface area contributed by atoms with Crippen LogP contribution in [0.4, 0.5) is 5.69 Å².